The molecule has 2 aliphatic rings. The number of hydrogen-bond acceptors (Lipinski definition) is 4. The largest absolute Gasteiger partial charge is 0.299 e. The van der Waals surface area contributed by atoms with Crippen molar-refractivity contribution in [3.63, 3.8) is 0 Å². The summed E-state index contributed by atoms with van der Waals surface area (Å²) in [6.07, 6.45) is 6.44. The van der Waals surface area contributed by atoms with E-state index in [4.69, 9.17) is 0 Å². The van der Waals surface area contributed by atoms with Gasteiger partial charge in [-0.25, -0.2) is 8.42 Å². The van der Waals surface area contributed by atoms with Gasteiger partial charge in [-0.1, -0.05) is 19.9 Å². The number of pyridine rings is 1. The van der Waals surface area contributed by atoms with Crippen LogP contribution in [0.5, 0.6) is 0 Å². The molecule has 2 aromatic rings. The Hall–Kier alpha value is -2.21. The Morgan fingerprint density at radius 1 is 1.13 bits per heavy atom. The molecule has 1 N–H and O–H groups in total. The Morgan fingerprint density at radius 3 is 2.50 bits per heavy atom. The first-order valence-electron chi connectivity index (χ1n) is 10.6. The Labute approximate surface area is 179 Å². The van der Waals surface area contributed by atoms with Crippen LogP contribution < -0.4 is 4.72 Å². The number of anilines is 1. The molecule has 4 rings (SSSR count). The van der Waals surface area contributed by atoms with Crippen molar-refractivity contribution in [3.8, 4) is 11.1 Å². The summed E-state index contributed by atoms with van der Waals surface area (Å²) in [5.41, 5.74) is 4.15. The average Bonchev–Trinajstić information content (AvgIpc) is 3.02. The molecule has 2 saturated carbocycles. The summed E-state index contributed by atoms with van der Waals surface area (Å²) in [6, 6.07) is 7.54. The summed E-state index contributed by atoms with van der Waals surface area (Å²) in [6.45, 7) is 8.28. The summed E-state index contributed by atoms with van der Waals surface area (Å²) in [4.78, 5) is 16.9. The van der Waals surface area contributed by atoms with Crippen LogP contribution in [0.1, 0.15) is 50.7 Å². The highest BCUT2D eigenvalue weighted by Crippen LogP contribution is 2.65. The van der Waals surface area contributed by atoms with Crippen molar-refractivity contribution in [2.24, 2.45) is 16.7 Å². The molecule has 30 heavy (non-hydrogen) atoms. The van der Waals surface area contributed by atoms with Gasteiger partial charge in [-0.05, 0) is 79.3 Å². The second kappa shape index (κ2) is 7.19. The number of aryl methyl sites for hydroxylation is 2. The maximum absolute atomic E-state index is 12.8. The van der Waals surface area contributed by atoms with E-state index in [-0.39, 0.29) is 17.0 Å². The first kappa shape index (κ1) is 21.0. The molecule has 2 aliphatic carbocycles. The van der Waals surface area contributed by atoms with Crippen LogP contribution in [-0.4, -0.2) is 24.9 Å². The molecule has 2 unspecified atom stereocenters. The minimum Gasteiger partial charge on any atom is -0.299 e. The topological polar surface area (TPSA) is 76.1 Å². The van der Waals surface area contributed by atoms with Crippen LogP contribution in [0.25, 0.3) is 11.1 Å². The van der Waals surface area contributed by atoms with Gasteiger partial charge < -0.3 is 0 Å². The maximum Gasteiger partial charge on any atom is 0.232 e. The Bertz CT molecular complexity index is 1110. The highest BCUT2D eigenvalue weighted by molar-refractivity contribution is 7.92. The fraction of sp³-hybridized carbons (Fsp3) is 0.500. The second-order valence-corrected chi connectivity index (χ2v) is 11.4. The van der Waals surface area contributed by atoms with Crippen molar-refractivity contribution in [2.75, 3.05) is 10.5 Å². The molecule has 2 atom stereocenters. The van der Waals surface area contributed by atoms with Crippen molar-refractivity contribution in [2.45, 2.75) is 53.4 Å². The van der Waals surface area contributed by atoms with Gasteiger partial charge in [0, 0.05) is 35.5 Å². The zero-order valence-corrected chi connectivity index (χ0v) is 19.0. The third kappa shape index (κ3) is 3.35. The summed E-state index contributed by atoms with van der Waals surface area (Å²) in [5, 5.41) is 0. The molecule has 6 heteroatoms. The molecular weight excluding hydrogens is 396 g/mol. The molecule has 0 amide bonds. The normalized spacial score (nSPS) is 24.9. The molecule has 0 radical (unpaired) electrons. The lowest BCUT2D eigenvalue weighted by atomic mass is 9.67. The number of carbonyl (C=O) groups excluding carboxylic acids is 1. The number of carbonyl (C=O) groups is 1. The molecule has 1 aromatic heterocycles. The van der Waals surface area contributed by atoms with Gasteiger partial charge in [0.1, 0.15) is 5.78 Å². The SMILES string of the molecule is Cc1cc(NS(=O)(=O)CCC23CCC(CC2=O)C3(C)C)ccc1-c1cnccc1C. The monoisotopic (exact) mass is 426 g/mol. The number of nitrogens with zero attached hydrogens (tertiary/aromatic N) is 1. The van der Waals surface area contributed by atoms with Gasteiger partial charge in [-0.3, -0.25) is 14.5 Å². The first-order valence-corrected chi connectivity index (χ1v) is 12.3. The smallest absolute Gasteiger partial charge is 0.232 e. The van der Waals surface area contributed by atoms with Gasteiger partial charge in [0.25, 0.3) is 0 Å². The Kier molecular flexibility index (Phi) is 5.04. The number of sulfonamides is 1. The summed E-state index contributed by atoms with van der Waals surface area (Å²) >= 11 is 0. The number of nitrogens with one attached hydrogen (secondary N) is 1. The summed E-state index contributed by atoms with van der Waals surface area (Å²) in [5.74, 6) is 0.620. The number of ketones is 1. The standard InChI is InChI=1S/C24H30N2O3S/c1-16-8-11-25-15-21(16)20-6-5-19(13-17(20)2)26-30(28,29)12-10-24-9-7-18(14-22(24)27)23(24,3)4/h5-6,8,11,13,15,18,26H,7,9-10,12,14H2,1-4H3. The van der Waals surface area contributed by atoms with E-state index in [2.05, 4.69) is 23.6 Å². The molecular formula is C24H30N2O3S. The zero-order chi connectivity index (χ0) is 21.7. The number of benzene rings is 1. The fourth-order valence-corrected chi connectivity index (χ4v) is 6.88. The quantitative estimate of drug-likeness (QED) is 0.713. The van der Waals surface area contributed by atoms with Crippen LogP contribution >= 0.6 is 0 Å². The van der Waals surface area contributed by atoms with Crippen LogP contribution in [-0.2, 0) is 14.8 Å². The van der Waals surface area contributed by atoms with Gasteiger partial charge >= 0.3 is 0 Å². The van der Waals surface area contributed by atoms with Crippen molar-refractivity contribution < 1.29 is 13.2 Å². The molecule has 2 fully saturated rings. The van der Waals surface area contributed by atoms with E-state index in [1.165, 1.54) is 0 Å². The zero-order valence-electron chi connectivity index (χ0n) is 18.2. The van der Waals surface area contributed by atoms with Gasteiger partial charge in [-0.2, -0.15) is 0 Å². The van der Waals surface area contributed by atoms with Crippen LogP contribution in [0.4, 0.5) is 5.69 Å². The number of hydrogen-bond donors (Lipinski definition) is 1. The third-order valence-corrected chi connectivity index (χ3v) is 9.05. The van der Waals surface area contributed by atoms with Crippen LogP contribution in [0, 0.1) is 30.6 Å². The van der Waals surface area contributed by atoms with Crippen LogP contribution in [0.2, 0.25) is 0 Å². The summed E-state index contributed by atoms with van der Waals surface area (Å²) < 4.78 is 28.4. The molecule has 1 heterocycles. The minimum atomic E-state index is -3.54. The van der Waals surface area contributed by atoms with Gasteiger partial charge in [0.2, 0.25) is 10.0 Å². The van der Waals surface area contributed by atoms with E-state index in [0.717, 1.165) is 35.1 Å². The highest BCUT2D eigenvalue weighted by atomic mass is 32.2. The lowest BCUT2D eigenvalue weighted by Crippen LogP contribution is -2.38. The predicted molar refractivity (Wildman–Crippen MR) is 120 cm³/mol. The van der Waals surface area contributed by atoms with E-state index in [1.54, 1.807) is 12.3 Å². The van der Waals surface area contributed by atoms with Crippen molar-refractivity contribution in [1.82, 2.24) is 4.98 Å². The Balaban J connectivity index is 1.50. The van der Waals surface area contributed by atoms with E-state index < -0.39 is 15.4 Å². The second-order valence-electron chi connectivity index (χ2n) is 9.56. The van der Waals surface area contributed by atoms with Crippen molar-refractivity contribution in [3.05, 3.63) is 47.8 Å². The minimum absolute atomic E-state index is 0.0304. The van der Waals surface area contributed by atoms with Crippen molar-refractivity contribution >= 4 is 21.5 Å². The van der Waals surface area contributed by atoms with Gasteiger partial charge in [0.05, 0.1) is 5.75 Å². The maximum atomic E-state index is 12.8. The molecule has 0 aliphatic heterocycles. The number of Topliss-reactive ketones (excluding diaryl/α,β-unsaturated/α-hetero) is 1. The number of rotatable bonds is 6. The fourth-order valence-electron chi connectivity index (χ4n) is 5.67. The summed E-state index contributed by atoms with van der Waals surface area (Å²) in [7, 11) is -3.54. The first-order chi connectivity index (χ1) is 14.1. The van der Waals surface area contributed by atoms with Gasteiger partial charge in [-0.15, -0.1) is 0 Å². The highest BCUT2D eigenvalue weighted by Gasteiger charge is 2.63. The van der Waals surface area contributed by atoms with Crippen LogP contribution in [0.15, 0.2) is 36.7 Å². The lowest BCUT2D eigenvalue weighted by Gasteiger charge is -2.36. The van der Waals surface area contributed by atoms with E-state index >= 15 is 0 Å². The Morgan fingerprint density at radius 2 is 1.90 bits per heavy atom. The third-order valence-electron chi connectivity index (χ3n) is 7.77. The lowest BCUT2D eigenvalue weighted by molar-refractivity contribution is -0.129. The van der Waals surface area contributed by atoms with Gasteiger partial charge in [0.15, 0.2) is 0 Å². The van der Waals surface area contributed by atoms with Crippen molar-refractivity contribution in [1.29, 1.82) is 0 Å². The molecule has 5 nitrogen and oxygen atoms in total. The molecule has 0 spiro atoms. The average molecular weight is 427 g/mol. The predicted octanol–water partition coefficient (Wildman–Crippen LogP) is 4.89. The number of aromatic nitrogens is 1. The molecule has 1 aromatic carbocycles. The van der Waals surface area contributed by atoms with Crippen LogP contribution in [0.3, 0.4) is 0 Å². The molecule has 0 saturated heterocycles. The molecule has 2 bridgehead atoms. The number of fused-ring (bicyclic) bond motifs is 2. The van der Waals surface area contributed by atoms with E-state index in [1.807, 2.05) is 38.2 Å². The molecule has 160 valence electrons. The van der Waals surface area contributed by atoms with E-state index in [0.29, 0.717) is 24.4 Å². The van der Waals surface area contributed by atoms with E-state index in [9.17, 15) is 13.2 Å².